The van der Waals surface area contributed by atoms with Crippen molar-refractivity contribution in [2.45, 2.75) is 18.4 Å². The quantitative estimate of drug-likeness (QED) is 0.713. The molecule has 1 aromatic rings. The van der Waals surface area contributed by atoms with Gasteiger partial charge in [0.25, 0.3) is 0 Å². The summed E-state index contributed by atoms with van der Waals surface area (Å²) < 4.78 is 28.6. The molecule has 0 aliphatic carbocycles. The van der Waals surface area contributed by atoms with E-state index in [1.54, 1.807) is 6.07 Å². The fraction of sp³-hybridized carbons (Fsp3) is 0.364. The van der Waals surface area contributed by atoms with Gasteiger partial charge >= 0.3 is 6.61 Å². The van der Waals surface area contributed by atoms with Crippen molar-refractivity contribution >= 4 is 37.6 Å². The van der Waals surface area contributed by atoms with Gasteiger partial charge in [0.05, 0.1) is 5.33 Å². The molecule has 0 spiro atoms. The Morgan fingerprint density at radius 2 is 1.88 bits per heavy atom. The van der Waals surface area contributed by atoms with Crippen molar-refractivity contribution < 1.29 is 18.3 Å². The number of ether oxygens (including phenoxy) is 1. The van der Waals surface area contributed by atoms with E-state index in [0.717, 1.165) is 5.56 Å². The van der Waals surface area contributed by atoms with E-state index >= 15 is 0 Å². The van der Waals surface area contributed by atoms with Gasteiger partial charge in [0, 0.05) is 11.8 Å². The first-order chi connectivity index (χ1) is 8.05. The van der Waals surface area contributed by atoms with Crippen LogP contribution in [0.2, 0.25) is 0 Å². The van der Waals surface area contributed by atoms with Crippen LogP contribution in [0.4, 0.5) is 8.78 Å². The highest BCUT2D eigenvalue weighted by Gasteiger charge is 2.09. The zero-order valence-corrected chi connectivity index (χ0v) is 11.9. The third kappa shape index (κ3) is 5.12. The monoisotopic (exact) mass is 370 g/mol. The molecule has 17 heavy (non-hydrogen) atoms. The number of Topliss-reactive ketones (excluding diaryl/α,β-unsaturated/α-hetero) is 1. The molecule has 2 nitrogen and oxygen atoms in total. The standard InChI is InChI=1S/C11H10Br2F2O2/c12-5-8-1-7(2-9(16)6-13)3-10(4-8)17-11(14)15/h1,3-4,11H,2,5-6H2. The van der Waals surface area contributed by atoms with E-state index < -0.39 is 6.61 Å². The summed E-state index contributed by atoms with van der Waals surface area (Å²) in [6.45, 7) is -2.86. The lowest BCUT2D eigenvalue weighted by Crippen LogP contribution is -2.06. The predicted octanol–water partition coefficient (Wildman–Crippen LogP) is 3.69. The second-order valence-corrected chi connectivity index (χ2v) is 4.47. The van der Waals surface area contributed by atoms with Gasteiger partial charge in [0.2, 0.25) is 0 Å². The van der Waals surface area contributed by atoms with Crippen LogP contribution in [0.3, 0.4) is 0 Å². The highest BCUT2D eigenvalue weighted by Crippen LogP contribution is 2.21. The summed E-state index contributed by atoms with van der Waals surface area (Å²) in [7, 11) is 0. The highest BCUT2D eigenvalue weighted by atomic mass is 79.9. The Morgan fingerprint density at radius 3 is 2.41 bits per heavy atom. The number of benzene rings is 1. The normalized spacial score (nSPS) is 10.6. The van der Waals surface area contributed by atoms with Gasteiger partial charge in [-0.3, -0.25) is 4.79 Å². The lowest BCUT2D eigenvalue weighted by atomic mass is 10.1. The zero-order valence-electron chi connectivity index (χ0n) is 8.76. The number of carbonyl (C=O) groups excluding carboxylic acids is 1. The van der Waals surface area contributed by atoms with E-state index in [9.17, 15) is 13.6 Å². The van der Waals surface area contributed by atoms with E-state index in [1.165, 1.54) is 12.1 Å². The van der Waals surface area contributed by atoms with Crippen molar-refractivity contribution in [2.24, 2.45) is 0 Å². The van der Waals surface area contributed by atoms with Crippen LogP contribution in [-0.2, 0) is 16.5 Å². The maximum Gasteiger partial charge on any atom is 0.387 e. The van der Waals surface area contributed by atoms with Gasteiger partial charge in [-0.15, -0.1) is 0 Å². The molecule has 0 saturated heterocycles. The molecule has 0 heterocycles. The van der Waals surface area contributed by atoms with Crippen molar-refractivity contribution in [2.75, 3.05) is 5.33 Å². The van der Waals surface area contributed by atoms with Gasteiger partial charge in [-0.25, -0.2) is 0 Å². The summed E-state index contributed by atoms with van der Waals surface area (Å²) >= 11 is 6.29. The molecule has 1 rings (SSSR count). The average molecular weight is 372 g/mol. The fourth-order valence-electron chi connectivity index (χ4n) is 1.35. The average Bonchev–Trinajstić information content (AvgIpc) is 2.27. The van der Waals surface area contributed by atoms with Gasteiger partial charge < -0.3 is 4.74 Å². The molecule has 0 atom stereocenters. The van der Waals surface area contributed by atoms with Crippen LogP contribution in [0, 0.1) is 0 Å². The summed E-state index contributed by atoms with van der Waals surface area (Å²) in [6, 6.07) is 4.76. The number of hydrogen-bond acceptors (Lipinski definition) is 2. The van der Waals surface area contributed by atoms with Gasteiger partial charge in [-0.2, -0.15) is 8.78 Å². The van der Waals surface area contributed by atoms with Crippen molar-refractivity contribution in [3.8, 4) is 5.75 Å². The Bertz CT molecular complexity index is 397. The van der Waals surface area contributed by atoms with Crippen LogP contribution in [0.15, 0.2) is 18.2 Å². The number of carbonyl (C=O) groups is 1. The van der Waals surface area contributed by atoms with Crippen molar-refractivity contribution in [1.82, 2.24) is 0 Å². The summed E-state index contributed by atoms with van der Waals surface area (Å²) in [5, 5.41) is 0.763. The first-order valence-electron chi connectivity index (χ1n) is 4.76. The summed E-state index contributed by atoms with van der Waals surface area (Å²) in [5.41, 5.74) is 1.46. The highest BCUT2D eigenvalue weighted by molar-refractivity contribution is 9.09. The molecule has 0 N–H and O–H groups in total. The summed E-state index contributed by atoms with van der Waals surface area (Å²) in [6.07, 6.45) is 0.200. The molecular formula is C11H10Br2F2O2. The molecule has 0 aliphatic rings. The van der Waals surface area contributed by atoms with Crippen molar-refractivity contribution in [3.63, 3.8) is 0 Å². The van der Waals surface area contributed by atoms with E-state index in [0.29, 0.717) is 10.9 Å². The first kappa shape index (κ1) is 14.6. The van der Waals surface area contributed by atoms with Gasteiger partial charge in [0.1, 0.15) is 11.5 Å². The third-order valence-corrected chi connectivity index (χ3v) is 3.23. The molecule has 0 fully saturated rings. The minimum atomic E-state index is -2.86. The third-order valence-electron chi connectivity index (χ3n) is 1.96. The summed E-state index contributed by atoms with van der Waals surface area (Å²) in [4.78, 5) is 11.3. The van der Waals surface area contributed by atoms with E-state index in [1.807, 2.05) is 0 Å². The maximum absolute atomic E-state index is 12.1. The first-order valence-corrected chi connectivity index (χ1v) is 7.00. The molecule has 94 valence electrons. The maximum atomic E-state index is 12.1. The molecule has 1 aromatic carbocycles. The van der Waals surface area contributed by atoms with E-state index in [-0.39, 0.29) is 23.3 Å². The largest absolute Gasteiger partial charge is 0.435 e. The molecular weight excluding hydrogens is 362 g/mol. The van der Waals surface area contributed by atoms with Crippen LogP contribution >= 0.6 is 31.9 Å². The zero-order chi connectivity index (χ0) is 12.8. The fourth-order valence-corrected chi connectivity index (χ4v) is 1.88. The van der Waals surface area contributed by atoms with Crippen LogP contribution in [0.1, 0.15) is 11.1 Å². The van der Waals surface area contributed by atoms with Gasteiger partial charge in [0.15, 0.2) is 0 Å². The number of alkyl halides is 4. The molecule has 0 amide bonds. The number of rotatable bonds is 6. The lowest BCUT2D eigenvalue weighted by molar-refractivity contribution is -0.115. The minimum Gasteiger partial charge on any atom is -0.435 e. The molecule has 0 aromatic heterocycles. The smallest absolute Gasteiger partial charge is 0.387 e. The van der Waals surface area contributed by atoms with Crippen molar-refractivity contribution in [1.29, 1.82) is 0 Å². The number of halogens is 4. The Hall–Kier alpha value is -0.490. The number of ketones is 1. The molecule has 0 aliphatic heterocycles. The predicted molar refractivity (Wildman–Crippen MR) is 68.2 cm³/mol. The molecule has 0 saturated carbocycles. The topological polar surface area (TPSA) is 26.3 Å². The molecule has 0 bridgehead atoms. The van der Waals surface area contributed by atoms with E-state index in [2.05, 4.69) is 36.6 Å². The minimum absolute atomic E-state index is 0.0141. The molecule has 0 unspecified atom stereocenters. The number of hydrogen-bond donors (Lipinski definition) is 0. The Balaban J connectivity index is 2.92. The Labute approximate surface area is 115 Å². The molecule has 0 radical (unpaired) electrons. The van der Waals surface area contributed by atoms with Gasteiger partial charge in [-0.1, -0.05) is 37.9 Å². The van der Waals surface area contributed by atoms with Crippen LogP contribution < -0.4 is 4.74 Å². The molecule has 6 heteroatoms. The van der Waals surface area contributed by atoms with Crippen LogP contribution in [0.5, 0.6) is 5.75 Å². The summed E-state index contributed by atoms with van der Waals surface area (Å²) in [5.74, 6) is 0.0639. The van der Waals surface area contributed by atoms with Crippen LogP contribution in [-0.4, -0.2) is 17.7 Å². The lowest BCUT2D eigenvalue weighted by Gasteiger charge is -2.09. The van der Waals surface area contributed by atoms with Crippen LogP contribution in [0.25, 0.3) is 0 Å². The van der Waals surface area contributed by atoms with E-state index in [4.69, 9.17) is 0 Å². The second kappa shape index (κ2) is 7.06. The SMILES string of the molecule is O=C(CBr)Cc1cc(CBr)cc(OC(F)F)c1. The Kier molecular flexibility index (Phi) is 6.05. The Morgan fingerprint density at radius 1 is 1.24 bits per heavy atom. The second-order valence-electron chi connectivity index (χ2n) is 3.35. The van der Waals surface area contributed by atoms with Crippen molar-refractivity contribution in [3.05, 3.63) is 29.3 Å². The van der Waals surface area contributed by atoms with Gasteiger partial charge in [-0.05, 0) is 23.3 Å².